The molecule has 1 amide bonds. The van der Waals surface area contributed by atoms with Crippen LogP contribution in [-0.4, -0.2) is 31.7 Å². The summed E-state index contributed by atoms with van der Waals surface area (Å²) in [6.07, 6.45) is 4.68. The number of carbonyl (C=O) groups excluding carboxylic acids is 1. The average Bonchev–Trinajstić information content (AvgIpc) is 2.50. The highest BCUT2D eigenvalue weighted by Gasteiger charge is 2.19. The fourth-order valence-electron chi connectivity index (χ4n) is 2.59. The first-order valence-corrected chi connectivity index (χ1v) is 7.45. The molecule has 4 nitrogen and oxygen atoms in total. The van der Waals surface area contributed by atoms with Crippen molar-refractivity contribution in [2.24, 2.45) is 5.73 Å². The van der Waals surface area contributed by atoms with Crippen molar-refractivity contribution in [3.8, 4) is 0 Å². The van der Waals surface area contributed by atoms with Crippen LogP contribution in [-0.2, 0) is 9.53 Å². The quantitative estimate of drug-likeness (QED) is 0.833. The number of hydrogen-bond acceptors (Lipinski definition) is 3. The van der Waals surface area contributed by atoms with Crippen LogP contribution in [0.15, 0.2) is 30.3 Å². The van der Waals surface area contributed by atoms with Crippen molar-refractivity contribution in [1.82, 2.24) is 5.32 Å². The van der Waals surface area contributed by atoms with Crippen LogP contribution in [0.3, 0.4) is 0 Å². The van der Waals surface area contributed by atoms with Crippen LogP contribution in [0.1, 0.15) is 37.2 Å². The highest BCUT2D eigenvalue weighted by molar-refractivity contribution is 5.83. The van der Waals surface area contributed by atoms with Crippen molar-refractivity contribution < 1.29 is 9.53 Å². The van der Waals surface area contributed by atoms with Crippen LogP contribution >= 0.6 is 0 Å². The molecule has 0 aromatic heterocycles. The SMILES string of the molecule is NCC(C(=O)NCCC1CCCCO1)c1ccccc1. The summed E-state index contributed by atoms with van der Waals surface area (Å²) < 4.78 is 5.66. The number of nitrogens with one attached hydrogen (secondary N) is 1. The van der Waals surface area contributed by atoms with E-state index in [4.69, 9.17) is 10.5 Å². The monoisotopic (exact) mass is 276 g/mol. The normalized spacial score (nSPS) is 20.4. The molecule has 1 fully saturated rings. The van der Waals surface area contributed by atoms with E-state index in [2.05, 4.69) is 5.32 Å². The minimum absolute atomic E-state index is 0.00881. The van der Waals surface area contributed by atoms with Gasteiger partial charge in [-0.2, -0.15) is 0 Å². The smallest absolute Gasteiger partial charge is 0.228 e. The maximum atomic E-state index is 12.2. The van der Waals surface area contributed by atoms with Crippen molar-refractivity contribution in [2.75, 3.05) is 19.7 Å². The number of nitrogens with two attached hydrogens (primary N) is 1. The summed E-state index contributed by atoms with van der Waals surface area (Å²) in [7, 11) is 0. The minimum Gasteiger partial charge on any atom is -0.378 e. The van der Waals surface area contributed by atoms with Crippen molar-refractivity contribution in [1.29, 1.82) is 0 Å². The van der Waals surface area contributed by atoms with Crippen molar-refractivity contribution in [3.63, 3.8) is 0 Å². The lowest BCUT2D eigenvalue weighted by molar-refractivity contribution is -0.122. The number of ether oxygens (including phenoxy) is 1. The van der Waals surface area contributed by atoms with E-state index in [-0.39, 0.29) is 11.8 Å². The van der Waals surface area contributed by atoms with Gasteiger partial charge in [0.05, 0.1) is 12.0 Å². The van der Waals surface area contributed by atoms with Crippen LogP contribution < -0.4 is 11.1 Å². The molecule has 0 radical (unpaired) electrons. The molecule has 0 saturated carbocycles. The Morgan fingerprint density at radius 2 is 2.15 bits per heavy atom. The first-order chi connectivity index (χ1) is 9.81. The minimum atomic E-state index is -0.261. The third-order valence-electron chi connectivity index (χ3n) is 3.79. The van der Waals surface area contributed by atoms with Crippen LogP contribution in [0.5, 0.6) is 0 Å². The molecule has 0 bridgehead atoms. The molecule has 3 N–H and O–H groups in total. The van der Waals surface area contributed by atoms with Crippen LogP contribution in [0.25, 0.3) is 0 Å². The molecule has 2 rings (SSSR count). The van der Waals surface area contributed by atoms with E-state index < -0.39 is 0 Å². The summed E-state index contributed by atoms with van der Waals surface area (Å²) in [6.45, 7) is 1.84. The van der Waals surface area contributed by atoms with Gasteiger partial charge < -0.3 is 15.8 Å². The summed E-state index contributed by atoms with van der Waals surface area (Å²) >= 11 is 0. The van der Waals surface area contributed by atoms with Crippen molar-refractivity contribution >= 4 is 5.91 Å². The van der Waals surface area contributed by atoms with E-state index in [0.717, 1.165) is 31.4 Å². The van der Waals surface area contributed by atoms with Crippen molar-refractivity contribution in [3.05, 3.63) is 35.9 Å². The molecule has 20 heavy (non-hydrogen) atoms. The average molecular weight is 276 g/mol. The molecule has 1 heterocycles. The standard InChI is InChI=1S/C16H24N2O2/c17-12-15(13-6-2-1-3-7-13)16(19)18-10-9-14-8-4-5-11-20-14/h1-3,6-7,14-15H,4-5,8-12,17H2,(H,18,19). The van der Waals surface area contributed by atoms with E-state index in [1.807, 2.05) is 30.3 Å². The maximum Gasteiger partial charge on any atom is 0.228 e. The largest absolute Gasteiger partial charge is 0.378 e. The van der Waals surface area contributed by atoms with E-state index in [9.17, 15) is 4.79 Å². The second-order valence-electron chi connectivity index (χ2n) is 5.27. The first kappa shape index (κ1) is 15.0. The van der Waals surface area contributed by atoms with E-state index in [0.29, 0.717) is 19.2 Å². The summed E-state index contributed by atoms with van der Waals surface area (Å²) in [6, 6.07) is 9.69. The Hall–Kier alpha value is -1.39. The Bertz CT molecular complexity index is 402. The molecule has 0 aliphatic carbocycles. The number of hydrogen-bond donors (Lipinski definition) is 2. The number of carbonyl (C=O) groups is 1. The zero-order valence-electron chi connectivity index (χ0n) is 11.9. The summed E-state index contributed by atoms with van der Waals surface area (Å²) in [4.78, 5) is 12.2. The molecule has 1 aliphatic heterocycles. The molecule has 1 saturated heterocycles. The molecular weight excluding hydrogens is 252 g/mol. The van der Waals surface area contributed by atoms with Gasteiger partial charge in [-0.15, -0.1) is 0 Å². The highest BCUT2D eigenvalue weighted by atomic mass is 16.5. The Morgan fingerprint density at radius 3 is 2.80 bits per heavy atom. The number of benzene rings is 1. The van der Waals surface area contributed by atoms with Gasteiger partial charge in [0, 0.05) is 19.7 Å². The zero-order chi connectivity index (χ0) is 14.2. The predicted octanol–water partition coefficient (Wildman–Crippen LogP) is 1.80. The van der Waals surface area contributed by atoms with Gasteiger partial charge in [0.15, 0.2) is 0 Å². The fourth-order valence-corrected chi connectivity index (χ4v) is 2.59. The Kier molecular flexibility index (Phi) is 6.02. The summed E-state index contributed by atoms with van der Waals surface area (Å²) in [5.41, 5.74) is 6.71. The topological polar surface area (TPSA) is 64.4 Å². The summed E-state index contributed by atoms with van der Waals surface area (Å²) in [5.74, 6) is -0.252. The molecule has 1 aromatic rings. The maximum absolute atomic E-state index is 12.2. The van der Waals surface area contributed by atoms with Gasteiger partial charge >= 0.3 is 0 Å². The van der Waals surface area contributed by atoms with E-state index >= 15 is 0 Å². The van der Waals surface area contributed by atoms with Gasteiger partial charge in [-0.1, -0.05) is 30.3 Å². The third kappa shape index (κ3) is 4.32. The molecule has 2 atom stereocenters. The highest BCUT2D eigenvalue weighted by Crippen LogP contribution is 2.16. The molecular formula is C16H24N2O2. The third-order valence-corrected chi connectivity index (χ3v) is 3.79. The molecule has 110 valence electrons. The summed E-state index contributed by atoms with van der Waals surface area (Å²) in [5, 5.41) is 2.98. The lowest BCUT2D eigenvalue weighted by Crippen LogP contribution is -2.35. The van der Waals surface area contributed by atoms with Crippen LogP contribution in [0, 0.1) is 0 Å². The van der Waals surface area contributed by atoms with Crippen molar-refractivity contribution in [2.45, 2.75) is 37.7 Å². The Labute approximate surface area is 120 Å². The zero-order valence-corrected chi connectivity index (χ0v) is 11.9. The van der Waals surface area contributed by atoms with E-state index in [1.165, 1.54) is 6.42 Å². The fraction of sp³-hybridized carbons (Fsp3) is 0.562. The van der Waals surface area contributed by atoms with Gasteiger partial charge in [0.25, 0.3) is 0 Å². The van der Waals surface area contributed by atoms with Gasteiger partial charge in [0.1, 0.15) is 0 Å². The molecule has 2 unspecified atom stereocenters. The Balaban J connectivity index is 1.78. The second-order valence-corrected chi connectivity index (χ2v) is 5.27. The lowest BCUT2D eigenvalue weighted by atomic mass is 9.98. The van der Waals surface area contributed by atoms with Gasteiger partial charge in [-0.25, -0.2) is 0 Å². The lowest BCUT2D eigenvalue weighted by Gasteiger charge is -2.23. The number of rotatable bonds is 6. The predicted molar refractivity (Wildman–Crippen MR) is 79.5 cm³/mol. The van der Waals surface area contributed by atoms with Crippen LogP contribution in [0.2, 0.25) is 0 Å². The van der Waals surface area contributed by atoms with Gasteiger partial charge in [-0.3, -0.25) is 4.79 Å². The van der Waals surface area contributed by atoms with Crippen LogP contribution in [0.4, 0.5) is 0 Å². The molecule has 1 aromatic carbocycles. The number of amides is 1. The molecule has 1 aliphatic rings. The first-order valence-electron chi connectivity index (χ1n) is 7.45. The van der Waals surface area contributed by atoms with Gasteiger partial charge in [0.2, 0.25) is 5.91 Å². The Morgan fingerprint density at radius 1 is 1.35 bits per heavy atom. The second kappa shape index (κ2) is 8.02. The van der Waals surface area contributed by atoms with Gasteiger partial charge in [-0.05, 0) is 31.2 Å². The molecule has 0 spiro atoms. The molecule has 4 heteroatoms. The van der Waals surface area contributed by atoms with E-state index in [1.54, 1.807) is 0 Å².